The molecule has 3 aromatic rings. The van der Waals surface area contributed by atoms with Gasteiger partial charge in [-0.05, 0) is 23.3 Å². The van der Waals surface area contributed by atoms with Crippen LogP contribution in [0.3, 0.4) is 0 Å². The van der Waals surface area contributed by atoms with Gasteiger partial charge in [-0.15, -0.1) is 0 Å². The van der Waals surface area contributed by atoms with E-state index in [1.54, 1.807) is 12.5 Å². The van der Waals surface area contributed by atoms with Gasteiger partial charge in [0, 0.05) is 19.2 Å². The molecule has 2 aromatic heterocycles. The summed E-state index contributed by atoms with van der Waals surface area (Å²) in [6.45, 7) is 0.567. The van der Waals surface area contributed by atoms with Crippen molar-refractivity contribution >= 4 is 11.7 Å². The number of aromatic nitrogens is 3. The Morgan fingerprint density at radius 3 is 2.58 bits per heavy atom. The third-order valence-electron chi connectivity index (χ3n) is 3.79. The van der Waals surface area contributed by atoms with E-state index in [0.29, 0.717) is 18.8 Å². The Hall–Kier alpha value is -3.15. The lowest BCUT2D eigenvalue weighted by atomic mass is 10.1. The molecule has 24 heavy (non-hydrogen) atoms. The van der Waals surface area contributed by atoms with Crippen LogP contribution in [0.1, 0.15) is 22.5 Å². The quantitative estimate of drug-likeness (QED) is 0.719. The van der Waals surface area contributed by atoms with Crippen LogP contribution >= 0.6 is 0 Å². The number of nitrogen functional groups attached to an aromatic ring is 1. The van der Waals surface area contributed by atoms with Gasteiger partial charge in [0.05, 0.1) is 24.1 Å². The lowest BCUT2D eigenvalue weighted by Crippen LogP contribution is -2.18. The van der Waals surface area contributed by atoms with Crippen LogP contribution in [0.5, 0.6) is 0 Å². The maximum atomic E-state index is 11.5. The molecule has 0 radical (unpaired) electrons. The number of benzene rings is 1. The smallest absolute Gasteiger partial charge is 0.223 e. The van der Waals surface area contributed by atoms with Crippen molar-refractivity contribution in [3.05, 3.63) is 77.5 Å². The molecule has 6 heteroatoms. The molecule has 4 N–H and O–H groups in total. The molecule has 0 spiro atoms. The number of imidazole rings is 1. The second kappa shape index (κ2) is 6.95. The molecular weight excluding hydrogens is 302 g/mol. The van der Waals surface area contributed by atoms with Gasteiger partial charge < -0.3 is 16.0 Å². The van der Waals surface area contributed by atoms with Crippen molar-refractivity contribution in [1.29, 1.82) is 0 Å². The Morgan fingerprint density at radius 1 is 1.08 bits per heavy atom. The van der Waals surface area contributed by atoms with E-state index in [-0.39, 0.29) is 12.3 Å². The molecule has 6 nitrogen and oxygen atoms in total. The molecule has 1 aromatic carbocycles. The molecule has 0 aliphatic rings. The highest BCUT2D eigenvalue weighted by atomic mass is 16.1. The first-order valence-electron chi connectivity index (χ1n) is 7.67. The second-order valence-electron chi connectivity index (χ2n) is 5.66. The summed E-state index contributed by atoms with van der Waals surface area (Å²) in [5.41, 5.74) is 15.0. The SMILES string of the molecule is NC(=O)Cc1c(Cc2ccccc2)ncn1Cc1ccnc(N)c1. The number of anilines is 1. The number of rotatable bonds is 6. The van der Waals surface area contributed by atoms with Crippen LogP contribution in [0.2, 0.25) is 0 Å². The van der Waals surface area contributed by atoms with Crippen molar-refractivity contribution in [1.82, 2.24) is 14.5 Å². The number of carbonyl (C=O) groups excluding carboxylic acids is 1. The van der Waals surface area contributed by atoms with Crippen LogP contribution < -0.4 is 11.5 Å². The molecule has 0 aliphatic carbocycles. The molecule has 2 heterocycles. The number of nitrogens with zero attached hydrogens (tertiary/aromatic N) is 3. The first-order valence-corrected chi connectivity index (χ1v) is 7.67. The minimum absolute atomic E-state index is 0.155. The van der Waals surface area contributed by atoms with Gasteiger partial charge in [0.25, 0.3) is 0 Å². The summed E-state index contributed by atoms with van der Waals surface area (Å²) in [4.78, 5) is 20.0. The van der Waals surface area contributed by atoms with E-state index < -0.39 is 0 Å². The summed E-state index contributed by atoms with van der Waals surface area (Å²) >= 11 is 0. The first kappa shape index (κ1) is 15.7. The predicted octanol–water partition coefficient (Wildman–Crippen LogP) is 1.53. The van der Waals surface area contributed by atoms with E-state index >= 15 is 0 Å². The van der Waals surface area contributed by atoms with Gasteiger partial charge in [-0.3, -0.25) is 4.79 Å². The number of hydrogen-bond acceptors (Lipinski definition) is 4. The summed E-state index contributed by atoms with van der Waals surface area (Å²) in [6.07, 6.45) is 4.23. The highest BCUT2D eigenvalue weighted by Gasteiger charge is 2.14. The summed E-state index contributed by atoms with van der Waals surface area (Å²) in [5.74, 6) is 0.0916. The van der Waals surface area contributed by atoms with Gasteiger partial charge in [0.2, 0.25) is 5.91 Å². The van der Waals surface area contributed by atoms with Gasteiger partial charge in [-0.2, -0.15) is 0 Å². The largest absolute Gasteiger partial charge is 0.384 e. The first-order chi connectivity index (χ1) is 11.6. The van der Waals surface area contributed by atoms with Crippen molar-refractivity contribution < 1.29 is 4.79 Å². The minimum atomic E-state index is -0.375. The van der Waals surface area contributed by atoms with Crippen LogP contribution in [-0.4, -0.2) is 20.4 Å². The fourth-order valence-electron chi connectivity index (χ4n) is 2.68. The molecule has 0 saturated heterocycles. The normalized spacial score (nSPS) is 10.7. The summed E-state index contributed by atoms with van der Waals surface area (Å²) in [5, 5.41) is 0. The maximum absolute atomic E-state index is 11.5. The Morgan fingerprint density at radius 2 is 1.88 bits per heavy atom. The molecular formula is C18H19N5O. The third kappa shape index (κ3) is 3.78. The van der Waals surface area contributed by atoms with Crippen LogP contribution in [-0.2, 0) is 24.2 Å². The predicted molar refractivity (Wildman–Crippen MR) is 92.1 cm³/mol. The Labute approximate surface area is 140 Å². The fraction of sp³-hybridized carbons (Fsp3) is 0.167. The molecule has 0 aliphatic heterocycles. The zero-order valence-electron chi connectivity index (χ0n) is 13.2. The van der Waals surface area contributed by atoms with Crippen LogP contribution in [0.15, 0.2) is 55.0 Å². The van der Waals surface area contributed by atoms with Crippen molar-refractivity contribution in [2.24, 2.45) is 5.73 Å². The Bertz CT molecular complexity index is 842. The van der Waals surface area contributed by atoms with Gasteiger partial charge >= 0.3 is 0 Å². The monoisotopic (exact) mass is 321 g/mol. The molecule has 0 unspecified atom stereocenters. The number of pyridine rings is 1. The topological polar surface area (TPSA) is 99.8 Å². The third-order valence-corrected chi connectivity index (χ3v) is 3.79. The van der Waals surface area contributed by atoms with Crippen LogP contribution in [0.25, 0.3) is 0 Å². The second-order valence-corrected chi connectivity index (χ2v) is 5.66. The van der Waals surface area contributed by atoms with E-state index in [0.717, 1.165) is 22.5 Å². The lowest BCUT2D eigenvalue weighted by molar-refractivity contribution is -0.117. The zero-order chi connectivity index (χ0) is 16.9. The number of amides is 1. The molecule has 1 amide bonds. The van der Waals surface area contributed by atoms with Crippen LogP contribution in [0, 0.1) is 0 Å². The van der Waals surface area contributed by atoms with E-state index in [1.165, 1.54) is 0 Å². The highest BCUT2D eigenvalue weighted by molar-refractivity contribution is 5.76. The summed E-state index contributed by atoms with van der Waals surface area (Å²) in [7, 11) is 0. The standard InChI is InChI=1S/C18H19N5O/c19-17-9-14(6-7-21-17)11-23-12-22-15(16(23)10-18(20)24)8-13-4-2-1-3-5-13/h1-7,9,12H,8,10-11H2,(H2,19,21)(H2,20,24). The maximum Gasteiger partial charge on any atom is 0.223 e. The average molecular weight is 321 g/mol. The van der Waals surface area contributed by atoms with Crippen molar-refractivity contribution in [3.8, 4) is 0 Å². The summed E-state index contributed by atoms with van der Waals surface area (Å²) in [6, 6.07) is 13.7. The van der Waals surface area contributed by atoms with Crippen LogP contribution in [0.4, 0.5) is 5.82 Å². The average Bonchev–Trinajstić information content (AvgIpc) is 2.90. The number of primary amides is 1. The number of hydrogen-bond donors (Lipinski definition) is 2. The zero-order valence-corrected chi connectivity index (χ0v) is 13.2. The van der Waals surface area contributed by atoms with Gasteiger partial charge in [0.1, 0.15) is 5.82 Å². The molecule has 3 rings (SSSR count). The lowest BCUT2D eigenvalue weighted by Gasteiger charge is -2.09. The Kier molecular flexibility index (Phi) is 4.56. The van der Waals surface area contributed by atoms with Crippen molar-refractivity contribution in [2.75, 3.05) is 5.73 Å². The van der Waals surface area contributed by atoms with Crippen molar-refractivity contribution in [3.63, 3.8) is 0 Å². The van der Waals surface area contributed by atoms with Gasteiger partial charge in [-0.25, -0.2) is 9.97 Å². The van der Waals surface area contributed by atoms with E-state index in [2.05, 4.69) is 9.97 Å². The molecule has 0 bridgehead atoms. The van der Waals surface area contributed by atoms with E-state index in [9.17, 15) is 4.79 Å². The Balaban J connectivity index is 1.90. The number of carbonyl (C=O) groups is 1. The summed E-state index contributed by atoms with van der Waals surface area (Å²) < 4.78 is 1.94. The minimum Gasteiger partial charge on any atom is -0.384 e. The van der Waals surface area contributed by atoms with Gasteiger partial charge in [0.15, 0.2) is 0 Å². The molecule has 0 fully saturated rings. The number of nitrogens with two attached hydrogens (primary N) is 2. The fourth-order valence-corrected chi connectivity index (χ4v) is 2.68. The van der Waals surface area contributed by atoms with E-state index in [1.807, 2.05) is 47.0 Å². The van der Waals surface area contributed by atoms with Crippen molar-refractivity contribution in [2.45, 2.75) is 19.4 Å². The highest BCUT2D eigenvalue weighted by Crippen LogP contribution is 2.16. The molecule has 0 saturated carbocycles. The molecule has 0 atom stereocenters. The van der Waals surface area contributed by atoms with Gasteiger partial charge in [-0.1, -0.05) is 30.3 Å². The van der Waals surface area contributed by atoms with E-state index in [4.69, 9.17) is 11.5 Å². The molecule has 122 valence electrons.